The first kappa shape index (κ1) is 14.7. The van der Waals surface area contributed by atoms with E-state index in [1.807, 2.05) is 7.05 Å². The minimum absolute atomic E-state index is 0.0171. The summed E-state index contributed by atoms with van der Waals surface area (Å²) in [5, 5.41) is 3.15. The summed E-state index contributed by atoms with van der Waals surface area (Å²) in [5.41, 5.74) is 2.46. The zero-order valence-electron chi connectivity index (χ0n) is 11.7. The molecule has 1 N–H and O–H groups in total. The van der Waals surface area contributed by atoms with Gasteiger partial charge in [-0.05, 0) is 30.5 Å². The maximum Gasteiger partial charge on any atom is 0.307 e. The minimum Gasteiger partial charge on any atom is -0.469 e. The van der Waals surface area contributed by atoms with Crippen LogP contribution in [-0.4, -0.2) is 20.1 Å². The topological polar surface area (TPSA) is 38.3 Å². The lowest BCUT2D eigenvalue weighted by molar-refractivity contribution is -0.141. The largest absolute Gasteiger partial charge is 0.469 e. The highest BCUT2D eigenvalue weighted by atomic mass is 16.5. The van der Waals surface area contributed by atoms with Crippen molar-refractivity contribution in [3.05, 3.63) is 35.4 Å². The second kappa shape index (κ2) is 7.17. The first-order valence-corrected chi connectivity index (χ1v) is 6.46. The van der Waals surface area contributed by atoms with E-state index in [9.17, 15) is 4.79 Å². The smallest absolute Gasteiger partial charge is 0.307 e. The minimum atomic E-state index is -0.194. The molecule has 0 aromatic heterocycles. The molecule has 0 saturated carbocycles. The third-order valence-electron chi connectivity index (χ3n) is 3.47. The van der Waals surface area contributed by atoms with E-state index in [-0.39, 0.29) is 12.0 Å². The molecule has 0 radical (unpaired) electrons. The third kappa shape index (κ3) is 3.84. The van der Waals surface area contributed by atoms with Gasteiger partial charge in [0.05, 0.1) is 13.5 Å². The number of hydrogen-bond donors (Lipinski definition) is 1. The highest BCUT2D eigenvalue weighted by Gasteiger charge is 2.14. The van der Waals surface area contributed by atoms with Crippen LogP contribution < -0.4 is 5.32 Å². The molecule has 2 unspecified atom stereocenters. The van der Waals surface area contributed by atoms with E-state index in [0.29, 0.717) is 12.3 Å². The summed E-state index contributed by atoms with van der Waals surface area (Å²) in [5.74, 6) is 0.382. The Morgan fingerprint density at radius 3 is 2.28 bits per heavy atom. The van der Waals surface area contributed by atoms with Gasteiger partial charge in [-0.3, -0.25) is 4.79 Å². The molecule has 0 aliphatic rings. The quantitative estimate of drug-likeness (QED) is 0.788. The van der Waals surface area contributed by atoms with Gasteiger partial charge in [0, 0.05) is 6.04 Å². The molecule has 0 saturated heterocycles. The van der Waals surface area contributed by atoms with Crippen molar-refractivity contribution in [3.63, 3.8) is 0 Å². The molecule has 0 aliphatic carbocycles. The molecular formula is C15H23NO2. The Morgan fingerprint density at radius 2 is 1.83 bits per heavy atom. The highest BCUT2D eigenvalue weighted by Crippen LogP contribution is 2.22. The van der Waals surface area contributed by atoms with E-state index >= 15 is 0 Å². The molecule has 1 aromatic rings. The lowest BCUT2D eigenvalue weighted by Crippen LogP contribution is -2.20. The fraction of sp³-hybridized carbons (Fsp3) is 0.533. The van der Waals surface area contributed by atoms with Crippen LogP contribution in [0.5, 0.6) is 0 Å². The van der Waals surface area contributed by atoms with Gasteiger partial charge in [0.15, 0.2) is 0 Å². The van der Waals surface area contributed by atoms with Crippen molar-refractivity contribution >= 4 is 5.97 Å². The van der Waals surface area contributed by atoms with Crippen LogP contribution in [0.4, 0.5) is 0 Å². The number of carbonyl (C=O) groups is 1. The summed E-state index contributed by atoms with van der Waals surface area (Å²) in [6.45, 7) is 4.41. The van der Waals surface area contributed by atoms with Crippen molar-refractivity contribution in [2.24, 2.45) is 0 Å². The molecule has 3 nitrogen and oxygen atoms in total. The number of esters is 1. The maximum absolute atomic E-state index is 11.3. The number of methoxy groups -OCH3 is 1. The average Bonchev–Trinajstić information content (AvgIpc) is 2.43. The maximum atomic E-state index is 11.3. The Labute approximate surface area is 110 Å². The number of hydrogen-bond acceptors (Lipinski definition) is 3. The van der Waals surface area contributed by atoms with E-state index in [4.69, 9.17) is 4.74 Å². The monoisotopic (exact) mass is 249 g/mol. The number of nitrogens with one attached hydrogen (secondary N) is 1. The third-order valence-corrected chi connectivity index (χ3v) is 3.47. The lowest BCUT2D eigenvalue weighted by atomic mass is 9.95. The molecule has 3 heteroatoms. The van der Waals surface area contributed by atoms with Gasteiger partial charge in [-0.25, -0.2) is 0 Å². The molecule has 0 amide bonds. The fourth-order valence-corrected chi connectivity index (χ4v) is 1.93. The Kier molecular flexibility index (Phi) is 5.86. The molecule has 1 aromatic carbocycles. The lowest BCUT2D eigenvalue weighted by Gasteiger charge is -2.16. The van der Waals surface area contributed by atoms with Gasteiger partial charge < -0.3 is 10.1 Å². The molecule has 0 spiro atoms. The molecule has 18 heavy (non-hydrogen) atoms. The summed E-state index contributed by atoms with van der Waals surface area (Å²) < 4.78 is 4.70. The predicted octanol–water partition coefficient (Wildman–Crippen LogP) is 3.02. The summed E-state index contributed by atoms with van der Waals surface area (Å²) in [7, 11) is 3.28. The van der Waals surface area contributed by atoms with Crippen LogP contribution in [0.2, 0.25) is 0 Å². The van der Waals surface area contributed by atoms with Crippen molar-refractivity contribution in [2.45, 2.75) is 38.6 Å². The fourth-order valence-electron chi connectivity index (χ4n) is 1.93. The number of rotatable bonds is 6. The molecule has 0 bridgehead atoms. The Bertz CT molecular complexity index is 373. The van der Waals surface area contributed by atoms with Crippen molar-refractivity contribution in [2.75, 3.05) is 14.2 Å². The normalized spacial score (nSPS) is 14.0. The Morgan fingerprint density at radius 1 is 1.28 bits per heavy atom. The van der Waals surface area contributed by atoms with E-state index in [2.05, 4.69) is 43.4 Å². The Hall–Kier alpha value is -1.35. The first-order valence-electron chi connectivity index (χ1n) is 6.46. The van der Waals surface area contributed by atoms with E-state index in [1.54, 1.807) is 0 Å². The van der Waals surface area contributed by atoms with Crippen molar-refractivity contribution in [1.29, 1.82) is 0 Å². The molecule has 1 rings (SSSR count). The van der Waals surface area contributed by atoms with Crippen LogP contribution in [0.1, 0.15) is 49.8 Å². The number of carbonyl (C=O) groups excluding carboxylic acids is 1. The average molecular weight is 249 g/mol. The van der Waals surface area contributed by atoms with Crippen molar-refractivity contribution in [3.8, 4) is 0 Å². The van der Waals surface area contributed by atoms with Crippen LogP contribution in [0.25, 0.3) is 0 Å². The zero-order valence-corrected chi connectivity index (χ0v) is 11.7. The number of ether oxygens (including phenoxy) is 1. The van der Waals surface area contributed by atoms with Crippen LogP contribution in [0.3, 0.4) is 0 Å². The van der Waals surface area contributed by atoms with Gasteiger partial charge in [-0.2, -0.15) is 0 Å². The van der Waals surface area contributed by atoms with Crippen LogP contribution in [0.15, 0.2) is 24.3 Å². The SMILES string of the molecule is CCC(C)c1ccc(C(CC(=O)OC)NC)cc1. The van der Waals surface area contributed by atoms with Crippen molar-refractivity contribution < 1.29 is 9.53 Å². The van der Waals surface area contributed by atoms with E-state index in [1.165, 1.54) is 12.7 Å². The van der Waals surface area contributed by atoms with E-state index in [0.717, 1.165) is 12.0 Å². The van der Waals surface area contributed by atoms with Crippen LogP contribution in [-0.2, 0) is 9.53 Å². The van der Waals surface area contributed by atoms with Gasteiger partial charge >= 0.3 is 5.97 Å². The summed E-state index contributed by atoms with van der Waals surface area (Å²) in [6, 6.07) is 8.48. The second-order valence-corrected chi connectivity index (χ2v) is 4.60. The summed E-state index contributed by atoms with van der Waals surface area (Å²) >= 11 is 0. The standard InChI is InChI=1S/C15H23NO2/c1-5-11(2)12-6-8-13(9-7-12)14(16-3)10-15(17)18-4/h6-9,11,14,16H,5,10H2,1-4H3. The van der Waals surface area contributed by atoms with Crippen LogP contribution >= 0.6 is 0 Å². The Balaban J connectivity index is 2.78. The predicted molar refractivity (Wildman–Crippen MR) is 73.6 cm³/mol. The summed E-state index contributed by atoms with van der Waals surface area (Å²) in [4.78, 5) is 11.3. The van der Waals surface area contributed by atoms with Crippen molar-refractivity contribution in [1.82, 2.24) is 5.32 Å². The summed E-state index contributed by atoms with van der Waals surface area (Å²) in [6.07, 6.45) is 1.49. The molecule has 0 fully saturated rings. The van der Waals surface area contributed by atoms with Gasteiger partial charge in [-0.1, -0.05) is 38.1 Å². The second-order valence-electron chi connectivity index (χ2n) is 4.60. The van der Waals surface area contributed by atoms with Gasteiger partial charge in [-0.15, -0.1) is 0 Å². The highest BCUT2D eigenvalue weighted by molar-refractivity contribution is 5.70. The first-order chi connectivity index (χ1) is 8.62. The van der Waals surface area contributed by atoms with Crippen LogP contribution in [0, 0.1) is 0 Å². The van der Waals surface area contributed by atoms with Gasteiger partial charge in [0.2, 0.25) is 0 Å². The number of benzene rings is 1. The van der Waals surface area contributed by atoms with E-state index < -0.39 is 0 Å². The molecule has 100 valence electrons. The van der Waals surface area contributed by atoms with Gasteiger partial charge in [0.25, 0.3) is 0 Å². The zero-order chi connectivity index (χ0) is 13.5. The molecule has 2 atom stereocenters. The molecule has 0 aliphatic heterocycles. The van der Waals surface area contributed by atoms with Gasteiger partial charge in [0.1, 0.15) is 0 Å². The molecular weight excluding hydrogens is 226 g/mol. The molecule has 0 heterocycles.